The van der Waals surface area contributed by atoms with Crippen LogP contribution in [0.2, 0.25) is 5.02 Å². The summed E-state index contributed by atoms with van der Waals surface area (Å²) in [6.07, 6.45) is 3.34. The molecule has 0 unspecified atom stereocenters. The summed E-state index contributed by atoms with van der Waals surface area (Å²) >= 11 is 5.97. The molecule has 1 aromatic heterocycles. The first kappa shape index (κ1) is 18.5. The van der Waals surface area contributed by atoms with Crippen molar-refractivity contribution in [2.75, 3.05) is 4.90 Å². The number of rotatable bonds is 4. The van der Waals surface area contributed by atoms with E-state index in [1.807, 2.05) is 0 Å². The zero-order valence-electron chi connectivity index (χ0n) is 14.9. The van der Waals surface area contributed by atoms with Crippen LogP contribution >= 0.6 is 11.6 Å². The van der Waals surface area contributed by atoms with Crippen molar-refractivity contribution in [3.63, 3.8) is 0 Å². The topological polar surface area (TPSA) is 91.6 Å². The Morgan fingerprint density at radius 3 is 2.45 bits per heavy atom. The van der Waals surface area contributed by atoms with E-state index in [9.17, 15) is 14.4 Å². The van der Waals surface area contributed by atoms with E-state index in [1.54, 1.807) is 59.3 Å². The number of nitrogens with zero attached hydrogens (tertiary/aromatic N) is 2. The van der Waals surface area contributed by atoms with E-state index in [2.05, 4.69) is 5.32 Å². The van der Waals surface area contributed by atoms with E-state index in [-0.39, 0.29) is 11.3 Å². The number of carbonyl (C=O) groups excluding carboxylic acids is 2. The third-order valence-corrected chi connectivity index (χ3v) is 4.64. The lowest BCUT2D eigenvalue weighted by Crippen LogP contribution is -2.30. The molecule has 1 aliphatic rings. The van der Waals surface area contributed by atoms with Gasteiger partial charge in [-0.2, -0.15) is 0 Å². The molecule has 0 bridgehead atoms. The van der Waals surface area contributed by atoms with Gasteiger partial charge in [-0.1, -0.05) is 17.7 Å². The number of halogens is 1. The number of urea groups is 1. The summed E-state index contributed by atoms with van der Waals surface area (Å²) in [5.74, 6) is -1.50. The highest BCUT2D eigenvalue weighted by Crippen LogP contribution is 2.25. The van der Waals surface area contributed by atoms with Gasteiger partial charge in [0, 0.05) is 22.6 Å². The molecule has 0 aliphatic carbocycles. The van der Waals surface area contributed by atoms with Gasteiger partial charge >= 0.3 is 12.0 Å². The van der Waals surface area contributed by atoms with Crippen molar-refractivity contribution in [2.45, 2.75) is 0 Å². The molecule has 7 nitrogen and oxygen atoms in total. The highest BCUT2D eigenvalue weighted by atomic mass is 35.5. The van der Waals surface area contributed by atoms with Gasteiger partial charge in [0.25, 0.3) is 5.91 Å². The Kier molecular flexibility index (Phi) is 4.66. The molecule has 1 aliphatic heterocycles. The Morgan fingerprint density at radius 1 is 1.00 bits per heavy atom. The van der Waals surface area contributed by atoms with Crippen LogP contribution in [0.5, 0.6) is 0 Å². The second-order valence-corrected chi connectivity index (χ2v) is 6.70. The van der Waals surface area contributed by atoms with Crippen molar-refractivity contribution in [3.05, 3.63) is 88.8 Å². The van der Waals surface area contributed by atoms with Gasteiger partial charge in [0.1, 0.15) is 5.70 Å². The monoisotopic (exact) mass is 407 g/mol. The molecule has 0 spiro atoms. The lowest BCUT2D eigenvalue weighted by atomic mass is 10.2. The predicted molar refractivity (Wildman–Crippen MR) is 108 cm³/mol. The molecular formula is C21H14ClN3O4. The molecule has 1 fully saturated rings. The Morgan fingerprint density at radius 2 is 1.76 bits per heavy atom. The van der Waals surface area contributed by atoms with Crippen molar-refractivity contribution in [3.8, 4) is 5.69 Å². The summed E-state index contributed by atoms with van der Waals surface area (Å²) < 4.78 is 1.78. The van der Waals surface area contributed by atoms with Gasteiger partial charge in [-0.05, 0) is 60.7 Å². The van der Waals surface area contributed by atoms with Crippen LogP contribution in [0.1, 0.15) is 16.1 Å². The van der Waals surface area contributed by atoms with Gasteiger partial charge in [0.05, 0.1) is 11.3 Å². The number of anilines is 1. The molecule has 4 rings (SSSR count). The maximum Gasteiger partial charge on any atom is 0.335 e. The molecule has 2 N–H and O–H groups in total. The molecular weight excluding hydrogens is 394 g/mol. The summed E-state index contributed by atoms with van der Waals surface area (Å²) in [5, 5.41) is 12.0. The van der Waals surface area contributed by atoms with Crippen molar-refractivity contribution >= 4 is 41.3 Å². The quantitative estimate of drug-likeness (QED) is 0.506. The number of carboxylic acids is 1. The standard InChI is InChI=1S/C21H14ClN3O4/c22-14-3-1-4-17(11-14)25-19(26)18(23-21(25)29)12-16-5-2-10-24(16)15-8-6-13(7-9-15)20(27)28/h1-12H,(H,23,29)(H,27,28)/b18-12+. The highest BCUT2D eigenvalue weighted by molar-refractivity contribution is 6.32. The maximum atomic E-state index is 12.8. The molecule has 29 heavy (non-hydrogen) atoms. The van der Waals surface area contributed by atoms with Crippen LogP contribution in [-0.2, 0) is 4.79 Å². The van der Waals surface area contributed by atoms with E-state index >= 15 is 0 Å². The van der Waals surface area contributed by atoms with Crippen LogP contribution < -0.4 is 10.2 Å². The van der Waals surface area contributed by atoms with Crippen LogP contribution in [0.4, 0.5) is 10.5 Å². The van der Waals surface area contributed by atoms with Crippen LogP contribution in [-0.4, -0.2) is 27.6 Å². The lowest BCUT2D eigenvalue weighted by Gasteiger charge is -2.11. The molecule has 3 amide bonds. The van der Waals surface area contributed by atoms with Gasteiger partial charge in [-0.25, -0.2) is 14.5 Å². The molecule has 8 heteroatoms. The zero-order chi connectivity index (χ0) is 20.5. The first-order chi connectivity index (χ1) is 13.9. The van der Waals surface area contributed by atoms with Crippen LogP contribution in [0.15, 0.2) is 72.6 Å². The normalized spacial score (nSPS) is 15.1. The molecule has 1 saturated heterocycles. The number of imide groups is 1. The van der Waals surface area contributed by atoms with Crippen LogP contribution in [0.25, 0.3) is 11.8 Å². The predicted octanol–water partition coefficient (Wildman–Crippen LogP) is 3.93. The number of aromatic carboxylic acids is 1. The molecule has 2 heterocycles. The summed E-state index contributed by atoms with van der Waals surface area (Å²) in [6, 6.07) is 15.8. The van der Waals surface area contributed by atoms with Crippen LogP contribution in [0.3, 0.4) is 0 Å². The van der Waals surface area contributed by atoms with E-state index in [1.165, 1.54) is 18.2 Å². The Labute approximate surface area is 170 Å². The average molecular weight is 408 g/mol. The first-order valence-electron chi connectivity index (χ1n) is 8.58. The fraction of sp³-hybridized carbons (Fsp3) is 0. The van der Waals surface area contributed by atoms with Gasteiger partial charge in [-0.3, -0.25) is 4.79 Å². The molecule has 2 aromatic carbocycles. The lowest BCUT2D eigenvalue weighted by molar-refractivity contribution is -0.113. The highest BCUT2D eigenvalue weighted by Gasteiger charge is 2.35. The number of aromatic nitrogens is 1. The van der Waals surface area contributed by atoms with E-state index in [4.69, 9.17) is 16.7 Å². The molecule has 0 atom stereocenters. The SMILES string of the molecule is O=C(O)c1ccc(-n2cccc2/C=C2/NC(=O)N(c3cccc(Cl)c3)C2=O)cc1. The summed E-state index contributed by atoms with van der Waals surface area (Å²) in [7, 11) is 0. The van der Waals surface area contributed by atoms with E-state index in [0.29, 0.717) is 16.4 Å². The Bertz CT molecular complexity index is 1160. The number of nitrogens with one attached hydrogen (secondary N) is 1. The Hall–Kier alpha value is -3.84. The third-order valence-electron chi connectivity index (χ3n) is 4.41. The third kappa shape index (κ3) is 3.51. The average Bonchev–Trinajstić information content (AvgIpc) is 3.26. The number of benzene rings is 2. The molecule has 0 radical (unpaired) electrons. The summed E-state index contributed by atoms with van der Waals surface area (Å²) in [4.78, 5) is 37.2. The minimum atomic E-state index is -1.01. The van der Waals surface area contributed by atoms with Crippen molar-refractivity contribution in [1.82, 2.24) is 9.88 Å². The fourth-order valence-corrected chi connectivity index (χ4v) is 3.23. The molecule has 3 aromatic rings. The molecule has 144 valence electrons. The summed E-state index contributed by atoms with van der Waals surface area (Å²) in [5.41, 5.74) is 2.04. The zero-order valence-corrected chi connectivity index (χ0v) is 15.6. The number of hydrogen-bond acceptors (Lipinski definition) is 3. The van der Waals surface area contributed by atoms with Crippen molar-refractivity contribution in [2.24, 2.45) is 0 Å². The number of hydrogen-bond donors (Lipinski definition) is 2. The van der Waals surface area contributed by atoms with E-state index in [0.717, 1.165) is 10.6 Å². The second kappa shape index (κ2) is 7.29. The largest absolute Gasteiger partial charge is 0.478 e. The van der Waals surface area contributed by atoms with Gasteiger partial charge in [-0.15, -0.1) is 0 Å². The fourth-order valence-electron chi connectivity index (χ4n) is 3.04. The van der Waals surface area contributed by atoms with E-state index < -0.39 is 17.9 Å². The number of amides is 3. The summed E-state index contributed by atoms with van der Waals surface area (Å²) in [6.45, 7) is 0. The van der Waals surface area contributed by atoms with Crippen LogP contribution in [0, 0.1) is 0 Å². The van der Waals surface area contributed by atoms with Gasteiger partial charge in [0.15, 0.2) is 0 Å². The minimum absolute atomic E-state index is 0.122. The van der Waals surface area contributed by atoms with Crippen molar-refractivity contribution in [1.29, 1.82) is 0 Å². The second-order valence-electron chi connectivity index (χ2n) is 6.26. The number of carboxylic acid groups (broad SMARTS) is 1. The van der Waals surface area contributed by atoms with Gasteiger partial charge < -0.3 is 15.0 Å². The maximum absolute atomic E-state index is 12.8. The van der Waals surface area contributed by atoms with Gasteiger partial charge in [0.2, 0.25) is 0 Å². The Balaban J connectivity index is 1.66. The first-order valence-corrected chi connectivity index (χ1v) is 8.95. The minimum Gasteiger partial charge on any atom is -0.478 e. The number of carbonyl (C=O) groups is 3. The molecule has 0 saturated carbocycles. The smallest absolute Gasteiger partial charge is 0.335 e. The van der Waals surface area contributed by atoms with Crippen molar-refractivity contribution < 1.29 is 19.5 Å².